The highest BCUT2D eigenvalue weighted by Gasteiger charge is 2.38. The van der Waals surface area contributed by atoms with Gasteiger partial charge in [0.15, 0.2) is 0 Å². The van der Waals surface area contributed by atoms with Crippen LogP contribution in [0.2, 0.25) is 0 Å². The molecular formula is C29H38F3N3O6S. The molecule has 0 aliphatic carbocycles. The second-order valence-electron chi connectivity index (χ2n) is 10.8. The molecule has 0 spiro atoms. The van der Waals surface area contributed by atoms with E-state index in [0.29, 0.717) is 17.2 Å². The standard InChI is InChI=1S/C27H37N3O4S.C2HF3O2/c1-20-6-7-21(2)26(18-20)35(33,34)28-23-8-9-25(24(19-23)27(31)32)30-16-11-22(12-17-30)10-15-29-13-4-3-5-14-29;3-2(4,5)1(6)7/h6-9,18-19,22,28H,3-5,10-17H2,1-2H3,(H,31,32);(H,6,7). The third kappa shape index (κ3) is 9.35. The number of carboxylic acid groups (broad SMARTS) is 2. The van der Waals surface area contributed by atoms with Gasteiger partial charge in [0.25, 0.3) is 10.0 Å². The first-order valence-corrected chi connectivity index (χ1v) is 15.4. The Labute approximate surface area is 244 Å². The fourth-order valence-corrected chi connectivity index (χ4v) is 6.64. The van der Waals surface area contributed by atoms with E-state index in [9.17, 15) is 31.5 Å². The summed E-state index contributed by atoms with van der Waals surface area (Å²) in [5, 5.41) is 17.0. The second kappa shape index (κ2) is 14.2. The molecule has 2 aromatic carbocycles. The average molecular weight is 614 g/mol. The van der Waals surface area contributed by atoms with Crippen LogP contribution in [0.25, 0.3) is 0 Å². The van der Waals surface area contributed by atoms with Crippen LogP contribution in [0.1, 0.15) is 60.0 Å². The van der Waals surface area contributed by atoms with Crippen LogP contribution in [0.15, 0.2) is 41.3 Å². The van der Waals surface area contributed by atoms with Gasteiger partial charge < -0.3 is 20.0 Å². The van der Waals surface area contributed by atoms with E-state index >= 15 is 0 Å². The summed E-state index contributed by atoms with van der Waals surface area (Å²) in [4.78, 5) is 25.9. The van der Waals surface area contributed by atoms with Gasteiger partial charge in [-0.25, -0.2) is 18.0 Å². The second-order valence-corrected chi connectivity index (χ2v) is 12.5. The Balaban J connectivity index is 0.000000616. The van der Waals surface area contributed by atoms with Crippen molar-refractivity contribution in [3.05, 3.63) is 53.1 Å². The summed E-state index contributed by atoms with van der Waals surface area (Å²) in [6, 6.07) is 10.1. The molecule has 3 N–H and O–H groups in total. The molecule has 2 heterocycles. The van der Waals surface area contributed by atoms with Crippen molar-refractivity contribution in [1.82, 2.24) is 4.90 Å². The van der Waals surface area contributed by atoms with Crippen molar-refractivity contribution < 1.29 is 41.4 Å². The van der Waals surface area contributed by atoms with Gasteiger partial charge in [0.1, 0.15) is 0 Å². The number of carbonyl (C=O) groups is 2. The van der Waals surface area contributed by atoms with Crippen molar-refractivity contribution >= 4 is 33.3 Å². The van der Waals surface area contributed by atoms with Gasteiger partial charge in [-0.15, -0.1) is 0 Å². The molecular weight excluding hydrogens is 575 g/mol. The quantitative estimate of drug-likeness (QED) is 0.355. The lowest BCUT2D eigenvalue weighted by molar-refractivity contribution is -0.192. The SMILES string of the molecule is Cc1ccc(C)c(S(=O)(=O)Nc2ccc(N3CCC(CCN4CCCCC4)CC3)c(C(=O)O)c2)c1.O=C(O)C(F)(F)F. The maximum absolute atomic E-state index is 13.0. The largest absolute Gasteiger partial charge is 0.490 e. The van der Waals surface area contributed by atoms with E-state index < -0.39 is 28.1 Å². The lowest BCUT2D eigenvalue weighted by Gasteiger charge is -2.35. The number of hydrogen-bond acceptors (Lipinski definition) is 6. The number of aromatic carboxylic acids is 1. The zero-order chi connectivity index (χ0) is 31.1. The van der Waals surface area contributed by atoms with Gasteiger partial charge >= 0.3 is 18.1 Å². The minimum Gasteiger partial charge on any atom is -0.478 e. The Kier molecular flexibility index (Phi) is 11.2. The van der Waals surface area contributed by atoms with E-state index in [1.807, 2.05) is 13.0 Å². The first-order valence-electron chi connectivity index (χ1n) is 13.9. The van der Waals surface area contributed by atoms with Gasteiger partial charge in [0.05, 0.1) is 16.1 Å². The summed E-state index contributed by atoms with van der Waals surface area (Å²) in [5.74, 6) is -3.14. The number of aryl methyl sites for hydroxylation is 2. The Hall–Kier alpha value is -3.32. The highest BCUT2D eigenvalue weighted by Crippen LogP contribution is 2.31. The van der Waals surface area contributed by atoms with Crippen LogP contribution in [0.5, 0.6) is 0 Å². The molecule has 4 rings (SSSR count). The lowest BCUT2D eigenvalue weighted by atomic mass is 9.92. The van der Waals surface area contributed by atoms with Gasteiger partial charge in [-0.3, -0.25) is 4.72 Å². The third-order valence-electron chi connectivity index (χ3n) is 7.61. The molecule has 0 amide bonds. The number of rotatable bonds is 8. The zero-order valence-electron chi connectivity index (χ0n) is 23.8. The number of sulfonamides is 1. The van der Waals surface area contributed by atoms with E-state index in [0.717, 1.165) is 31.5 Å². The van der Waals surface area contributed by atoms with E-state index in [-0.39, 0.29) is 16.1 Å². The zero-order valence-corrected chi connectivity index (χ0v) is 24.6. The number of nitrogens with zero attached hydrogens (tertiary/aromatic N) is 2. The van der Waals surface area contributed by atoms with Gasteiger partial charge in [0, 0.05) is 18.8 Å². The highest BCUT2D eigenvalue weighted by atomic mass is 32.2. The first-order chi connectivity index (χ1) is 19.7. The maximum Gasteiger partial charge on any atom is 0.490 e. The smallest absolute Gasteiger partial charge is 0.478 e. The van der Waals surface area contributed by atoms with Crippen molar-refractivity contribution in [1.29, 1.82) is 0 Å². The Morgan fingerprint density at radius 3 is 2.14 bits per heavy atom. The van der Waals surface area contributed by atoms with Crippen LogP contribution in [-0.4, -0.2) is 74.4 Å². The topological polar surface area (TPSA) is 127 Å². The number of alkyl halides is 3. The summed E-state index contributed by atoms with van der Waals surface area (Å²) < 4.78 is 60.3. The summed E-state index contributed by atoms with van der Waals surface area (Å²) in [5.41, 5.74) is 2.52. The predicted octanol–water partition coefficient (Wildman–Crippen LogP) is 5.53. The maximum atomic E-state index is 13.0. The van der Waals surface area contributed by atoms with Crippen LogP contribution in [0, 0.1) is 19.8 Å². The van der Waals surface area contributed by atoms with Crippen LogP contribution >= 0.6 is 0 Å². The number of likely N-dealkylation sites (tertiary alicyclic amines) is 1. The number of nitrogens with one attached hydrogen (secondary N) is 1. The Morgan fingerprint density at radius 2 is 1.57 bits per heavy atom. The molecule has 2 aliphatic heterocycles. The van der Waals surface area contributed by atoms with Crippen molar-refractivity contribution in [2.75, 3.05) is 42.3 Å². The molecule has 2 aromatic rings. The van der Waals surface area contributed by atoms with Crippen molar-refractivity contribution in [2.24, 2.45) is 5.92 Å². The van der Waals surface area contributed by atoms with Crippen LogP contribution < -0.4 is 9.62 Å². The normalized spacial score (nSPS) is 16.8. The van der Waals surface area contributed by atoms with E-state index in [4.69, 9.17) is 9.90 Å². The molecule has 2 fully saturated rings. The molecule has 0 atom stereocenters. The predicted molar refractivity (Wildman–Crippen MR) is 154 cm³/mol. The van der Waals surface area contributed by atoms with Crippen LogP contribution in [-0.2, 0) is 14.8 Å². The number of benzene rings is 2. The van der Waals surface area contributed by atoms with E-state index in [1.54, 1.807) is 31.2 Å². The van der Waals surface area contributed by atoms with Gasteiger partial charge in [0.2, 0.25) is 0 Å². The van der Waals surface area contributed by atoms with Crippen molar-refractivity contribution in [3.8, 4) is 0 Å². The molecule has 0 radical (unpaired) electrons. The van der Waals surface area contributed by atoms with Crippen molar-refractivity contribution in [3.63, 3.8) is 0 Å². The van der Waals surface area contributed by atoms with Crippen LogP contribution in [0.4, 0.5) is 24.5 Å². The number of hydrogen-bond donors (Lipinski definition) is 3. The van der Waals surface area contributed by atoms with E-state index in [1.165, 1.54) is 51.4 Å². The van der Waals surface area contributed by atoms with Gasteiger partial charge in [-0.2, -0.15) is 13.2 Å². The van der Waals surface area contributed by atoms with Crippen molar-refractivity contribution in [2.45, 2.75) is 63.4 Å². The molecule has 13 heteroatoms. The number of halogens is 3. The molecule has 2 saturated heterocycles. The molecule has 2 aliphatic rings. The molecule has 9 nitrogen and oxygen atoms in total. The number of piperidine rings is 2. The Bertz CT molecular complexity index is 1350. The third-order valence-corrected chi connectivity index (χ3v) is 9.14. The molecule has 0 saturated carbocycles. The molecule has 232 valence electrons. The van der Waals surface area contributed by atoms with E-state index in [2.05, 4.69) is 14.5 Å². The lowest BCUT2D eigenvalue weighted by Crippen LogP contribution is -2.37. The van der Waals surface area contributed by atoms with Crippen LogP contribution in [0.3, 0.4) is 0 Å². The molecule has 0 unspecified atom stereocenters. The van der Waals surface area contributed by atoms with Gasteiger partial charge in [-0.05, 0) is 107 Å². The van der Waals surface area contributed by atoms with Gasteiger partial charge in [-0.1, -0.05) is 18.6 Å². The Morgan fingerprint density at radius 1 is 0.952 bits per heavy atom. The number of carboxylic acids is 2. The molecule has 0 aromatic heterocycles. The summed E-state index contributed by atoms with van der Waals surface area (Å²) in [6.45, 7) is 8.83. The first kappa shape index (κ1) is 33.2. The molecule has 0 bridgehead atoms. The number of aliphatic carboxylic acids is 1. The average Bonchev–Trinajstić information content (AvgIpc) is 2.93. The highest BCUT2D eigenvalue weighted by molar-refractivity contribution is 7.92. The summed E-state index contributed by atoms with van der Waals surface area (Å²) in [7, 11) is -3.83. The fraction of sp³-hybridized carbons (Fsp3) is 0.517. The summed E-state index contributed by atoms with van der Waals surface area (Å²) in [6.07, 6.45) is 2.20. The minimum atomic E-state index is -5.08. The molecule has 42 heavy (non-hydrogen) atoms. The number of anilines is 2. The fourth-order valence-electron chi connectivity index (χ4n) is 5.26. The summed E-state index contributed by atoms with van der Waals surface area (Å²) >= 11 is 0. The minimum absolute atomic E-state index is 0.123. The monoisotopic (exact) mass is 613 g/mol.